The number of benzene rings is 1. The standard InChI is InChI=1S/C25H20N4O4S2/c1-3-32-23(31)20-15(2)28-25-29(21(20)16-8-5-4-6-9-16)22(30)18(34-25)14-17-10-11-19(33-17)35-24-26-12-7-13-27-24/h4-14,21H,3H2,1-2H3/b18-14+/t21-/m0/s1. The van der Waals surface area contributed by atoms with Crippen LogP contribution in [0.4, 0.5) is 0 Å². The van der Waals surface area contributed by atoms with Crippen LogP contribution in [0.3, 0.4) is 0 Å². The molecule has 10 heteroatoms. The number of carbonyl (C=O) groups is 1. The van der Waals surface area contributed by atoms with Gasteiger partial charge in [-0.15, -0.1) is 0 Å². The molecule has 35 heavy (non-hydrogen) atoms. The van der Waals surface area contributed by atoms with Gasteiger partial charge in [-0.05, 0) is 49.4 Å². The van der Waals surface area contributed by atoms with Crippen molar-refractivity contribution in [3.05, 3.63) is 103 Å². The van der Waals surface area contributed by atoms with Gasteiger partial charge < -0.3 is 9.15 Å². The predicted molar refractivity (Wildman–Crippen MR) is 132 cm³/mol. The molecule has 1 aliphatic rings. The summed E-state index contributed by atoms with van der Waals surface area (Å²) >= 11 is 2.54. The van der Waals surface area contributed by atoms with Gasteiger partial charge in [0.05, 0.1) is 28.5 Å². The van der Waals surface area contributed by atoms with Gasteiger partial charge in [0.25, 0.3) is 5.56 Å². The van der Waals surface area contributed by atoms with Gasteiger partial charge in [0.1, 0.15) is 5.76 Å². The van der Waals surface area contributed by atoms with Crippen LogP contribution in [-0.2, 0) is 9.53 Å². The summed E-state index contributed by atoms with van der Waals surface area (Å²) in [5.74, 6) is 0.0407. The van der Waals surface area contributed by atoms with Crippen molar-refractivity contribution in [1.82, 2.24) is 14.5 Å². The quantitative estimate of drug-likeness (QED) is 0.293. The molecular weight excluding hydrogens is 484 g/mol. The lowest BCUT2D eigenvalue weighted by molar-refractivity contribution is -0.139. The Kier molecular flexibility index (Phi) is 6.47. The van der Waals surface area contributed by atoms with Crippen molar-refractivity contribution in [2.45, 2.75) is 30.1 Å². The molecule has 0 radical (unpaired) electrons. The van der Waals surface area contributed by atoms with E-state index < -0.39 is 12.0 Å². The fraction of sp³-hybridized carbons (Fsp3) is 0.160. The third kappa shape index (κ3) is 4.62. The molecule has 0 N–H and O–H groups in total. The number of carbonyl (C=O) groups excluding carboxylic acids is 1. The minimum Gasteiger partial charge on any atom is -0.463 e. The lowest BCUT2D eigenvalue weighted by Crippen LogP contribution is -2.39. The minimum atomic E-state index is -0.633. The summed E-state index contributed by atoms with van der Waals surface area (Å²) in [6.07, 6.45) is 5.01. The minimum absolute atomic E-state index is 0.231. The number of hydrogen-bond acceptors (Lipinski definition) is 9. The lowest BCUT2D eigenvalue weighted by atomic mass is 9.96. The molecule has 4 heterocycles. The SMILES string of the molecule is CCOC(=O)C1=C(C)N=c2s/c(=C/c3ccc(Sc4ncccn4)o3)c(=O)n2[C@H]1c1ccccc1. The Bertz CT molecular complexity index is 1590. The molecule has 0 spiro atoms. The first kappa shape index (κ1) is 23.0. The second-order valence-electron chi connectivity index (χ2n) is 7.50. The molecule has 1 aliphatic heterocycles. The Morgan fingerprint density at radius 1 is 1.17 bits per heavy atom. The van der Waals surface area contributed by atoms with Crippen molar-refractivity contribution in [3.63, 3.8) is 0 Å². The molecule has 176 valence electrons. The van der Waals surface area contributed by atoms with Crippen molar-refractivity contribution in [1.29, 1.82) is 0 Å². The van der Waals surface area contributed by atoms with E-state index in [9.17, 15) is 9.59 Å². The Hall–Kier alpha value is -3.76. The summed E-state index contributed by atoms with van der Waals surface area (Å²) in [4.78, 5) is 39.9. The maximum atomic E-state index is 13.6. The highest BCUT2D eigenvalue weighted by Gasteiger charge is 2.33. The molecule has 1 atom stereocenters. The molecule has 3 aromatic heterocycles. The maximum Gasteiger partial charge on any atom is 0.338 e. The van der Waals surface area contributed by atoms with Crippen LogP contribution in [0.5, 0.6) is 0 Å². The number of allylic oxidation sites excluding steroid dienone is 1. The van der Waals surface area contributed by atoms with Gasteiger partial charge in [-0.2, -0.15) is 0 Å². The number of ether oxygens (including phenoxy) is 1. The number of rotatable bonds is 6. The summed E-state index contributed by atoms with van der Waals surface area (Å²) in [6, 6.07) is 14.1. The molecule has 0 aliphatic carbocycles. The van der Waals surface area contributed by atoms with Crippen LogP contribution >= 0.6 is 23.1 Å². The van der Waals surface area contributed by atoms with Crippen LogP contribution in [-0.4, -0.2) is 27.1 Å². The number of fused-ring (bicyclic) bond motifs is 1. The second-order valence-corrected chi connectivity index (χ2v) is 9.48. The predicted octanol–water partition coefficient (Wildman–Crippen LogP) is 3.33. The Morgan fingerprint density at radius 2 is 1.94 bits per heavy atom. The van der Waals surface area contributed by atoms with Gasteiger partial charge in [0.2, 0.25) is 0 Å². The van der Waals surface area contributed by atoms with Gasteiger partial charge in [-0.25, -0.2) is 19.8 Å². The molecule has 0 amide bonds. The van der Waals surface area contributed by atoms with E-state index in [1.807, 2.05) is 30.3 Å². The number of thiazole rings is 1. The van der Waals surface area contributed by atoms with E-state index in [1.54, 1.807) is 55.1 Å². The number of aromatic nitrogens is 3. The van der Waals surface area contributed by atoms with Crippen LogP contribution in [0.2, 0.25) is 0 Å². The molecule has 0 unspecified atom stereocenters. The molecule has 5 rings (SSSR count). The van der Waals surface area contributed by atoms with E-state index >= 15 is 0 Å². The lowest BCUT2D eigenvalue weighted by Gasteiger charge is -2.24. The Balaban J connectivity index is 1.58. The molecular formula is C25H20N4O4S2. The van der Waals surface area contributed by atoms with Crippen molar-refractivity contribution in [3.8, 4) is 0 Å². The number of nitrogens with zero attached hydrogens (tertiary/aromatic N) is 4. The van der Waals surface area contributed by atoms with E-state index in [4.69, 9.17) is 9.15 Å². The Morgan fingerprint density at radius 3 is 2.69 bits per heavy atom. The van der Waals surface area contributed by atoms with E-state index in [0.29, 0.717) is 36.6 Å². The van der Waals surface area contributed by atoms with E-state index in [2.05, 4.69) is 15.0 Å². The number of furan rings is 1. The Labute approximate surface area is 208 Å². The summed E-state index contributed by atoms with van der Waals surface area (Å²) in [5, 5.41) is 1.18. The first-order valence-corrected chi connectivity index (χ1v) is 12.5. The first-order chi connectivity index (χ1) is 17.0. The van der Waals surface area contributed by atoms with Gasteiger partial charge in [0.15, 0.2) is 15.1 Å². The topological polar surface area (TPSA) is 99.6 Å². The fourth-order valence-electron chi connectivity index (χ4n) is 3.77. The van der Waals surface area contributed by atoms with Gasteiger partial charge in [-0.3, -0.25) is 9.36 Å². The van der Waals surface area contributed by atoms with Crippen LogP contribution in [0, 0.1) is 0 Å². The third-order valence-corrected chi connectivity index (χ3v) is 7.04. The second kappa shape index (κ2) is 9.85. The molecule has 1 aromatic carbocycles. The number of esters is 1. The molecule has 0 saturated carbocycles. The van der Waals surface area contributed by atoms with E-state index in [-0.39, 0.29) is 12.2 Å². The summed E-state index contributed by atoms with van der Waals surface area (Å²) in [6.45, 7) is 3.75. The van der Waals surface area contributed by atoms with E-state index in [1.165, 1.54) is 23.1 Å². The average Bonchev–Trinajstić information content (AvgIpc) is 3.43. The average molecular weight is 505 g/mol. The highest BCUT2D eigenvalue weighted by Crippen LogP contribution is 2.30. The van der Waals surface area contributed by atoms with Crippen molar-refractivity contribution >= 4 is 35.1 Å². The van der Waals surface area contributed by atoms with Gasteiger partial charge in [-0.1, -0.05) is 41.7 Å². The summed E-state index contributed by atoms with van der Waals surface area (Å²) in [5.41, 5.74) is 1.44. The summed E-state index contributed by atoms with van der Waals surface area (Å²) in [7, 11) is 0. The zero-order chi connectivity index (χ0) is 24.4. The normalized spacial score (nSPS) is 15.6. The molecule has 0 saturated heterocycles. The van der Waals surface area contributed by atoms with Crippen molar-refractivity contribution < 1.29 is 13.9 Å². The van der Waals surface area contributed by atoms with Crippen molar-refractivity contribution in [2.75, 3.05) is 6.61 Å². The van der Waals surface area contributed by atoms with Gasteiger partial charge in [0, 0.05) is 18.5 Å². The monoisotopic (exact) mass is 504 g/mol. The van der Waals surface area contributed by atoms with Crippen LogP contribution in [0.25, 0.3) is 6.08 Å². The zero-order valence-corrected chi connectivity index (χ0v) is 20.5. The largest absolute Gasteiger partial charge is 0.463 e. The highest BCUT2D eigenvalue weighted by molar-refractivity contribution is 7.99. The van der Waals surface area contributed by atoms with Crippen LogP contribution in [0.15, 0.2) is 96.6 Å². The highest BCUT2D eigenvalue weighted by atomic mass is 32.2. The molecule has 0 fully saturated rings. The van der Waals surface area contributed by atoms with E-state index in [0.717, 1.165) is 5.56 Å². The van der Waals surface area contributed by atoms with Crippen LogP contribution < -0.4 is 14.9 Å². The fourth-order valence-corrected chi connectivity index (χ4v) is 5.47. The number of hydrogen-bond donors (Lipinski definition) is 0. The van der Waals surface area contributed by atoms with Crippen molar-refractivity contribution in [2.24, 2.45) is 4.99 Å². The molecule has 0 bridgehead atoms. The summed E-state index contributed by atoms with van der Waals surface area (Å²) < 4.78 is 13.2. The molecule has 8 nitrogen and oxygen atoms in total. The van der Waals surface area contributed by atoms with Crippen LogP contribution in [0.1, 0.15) is 31.2 Å². The van der Waals surface area contributed by atoms with Gasteiger partial charge >= 0.3 is 5.97 Å². The molecule has 4 aromatic rings. The zero-order valence-electron chi connectivity index (χ0n) is 18.9. The maximum absolute atomic E-state index is 13.6. The smallest absolute Gasteiger partial charge is 0.338 e. The first-order valence-electron chi connectivity index (χ1n) is 10.8. The third-order valence-electron chi connectivity index (χ3n) is 5.24.